The van der Waals surface area contributed by atoms with Gasteiger partial charge in [-0.15, -0.1) is 0 Å². The Morgan fingerprint density at radius 1 is 1.71 bits per heavy atom. The van der Waals surface area contributed by atoms with Gasteiger partial charge in [-0.25, -0.2) is 5.90 Å². The Balaban J connectivity index is 2.83. The van der Waals surface area contributed by atoms with Gasteiger partial charge in [-0.1, -0.05) is 0 Å². The Hall–Kier alpha value is -0.120. The molecule has 0 unspecified atom stereocenters. The van der Waals surface area contributed by atoms with E-state index in [1.807, 2.05) is 6.92 Å². The Morgan fingerprint density at radius 2 is 2.29 bits per heavy atom. The van der Waals surface area contributed by atoms with Crippen LogP contribution < -0.4 is 5.90 Å². The standard InChI is InChI=1S/C4H11NO2/c1-4(7-5)3-6-2/h4H,3,5H2,1-2H3/t4-/m0/s1. The molecule has 0 aromatic rings. The third-order valence-electron chi connectivity index (χ3n) is 0.634. The van der Waals surface area contributed by atoms with Crippen LogP contribution in [0, 0.1) is 0 Å². The van der Waals surface area contributed by atoms with Crippen molar-refractivity contribution in [3.8, 4) is 0 Å². The van der Waals surface area contributed by atoms with Crippen molar-refractivity contribution in [2.45, 2.75) is 13.0 Å². The molecule has 44 valence electrons. The first-order valence-electron chi connectivity index (χ1n) is 2.15. The molecule has 0 radical (unpaired) electrons. The van der Waals surface area contributed by atoms with Crippen LogP contribution in [0.2, 0.25) is 0 Å². The first kappa shape index (κ1) is 6.88. The lowest BCUT2D eigenvalue weighted by molar-refractivity contribution is 0.00838. The summed E-state index contributed by atoms with van der Waals surface area (Å²) in [4.78, 5) is 4.37. The predicted molar refractivity (Wildman–Crippen MR) is 26.6 cm³/mol. The minimum Gasteiger partial charge on any atom is -0.382 e. The summed E-state index contributed by atoms with van der Waals surface area (Å²) < 4.78 is 4.69. The number of hydrogen-bond donors (Lipinski definition) is 1. The zero-order chi connectivity index (χ0) is 5.70. The summed E-state index contributed by atoms with van der Waals surface area (Å²) in [5.41, 5.74) is 0. The van der Waals surface area contributed by atoms with Gasteiger partial charge >= 0.3 is 0 Å². The van der Waals surface area contributed by atoms with E-state index in [1.165, 1.54) is 0 Å². The SMILES string of the molecule is COC[C@H](C)ON. The molecule has 0 rings (SSSR count). The van der Waals surface area contributed by atoms with E-state index < -0.39 is 0 Å². The number of ether oxygens (including phenoxy) is 1. The van der Waals surface area contributed by atoms with Crippen LogP contribution in [0.15, 0.2) is 0 Å². The molecule has 0 aliphatic carbocycles. The topological polar surface area (TPSA) is 44.5 Å². The van der Waals surface area contributed by atoms with Gasteiger partial charge in [-0.3, -0.25) is 4.84 Å². The highest BCUT2D eigenvalue weighted by Gasteiger charge is 1.94. The van der Waals surface area contributed by atoms with Crippen LogP contribution in [-0.2, 0) is 9.57 Å². The van der Waals surface area contributed by atoms with Gasteiger partial charge in [0.1, 0.15) is 0 Å². The molecule has 0 saturated carbocycles. The second-order valence-electron chi connectivity index (χ2n) is 1.40. The lowest BCUT2D eigenvalue weighted by atomic mass is 10.4. The lowest BCUT2D eigenvalue weighted by Gasteiger charge is -2.04. The summed E-state index contributed by atoms with van der Waals surface area (Å²) in [7, 11) is 1.61. The summed E-state index contributed by atoms with van der Waals surface area (Å²) >= 11 is 0. The highest BCUT2D eigenvalue weighted by molar-refractivity contribution is 4.40. The molecule has 0 aliphatic rings. The minimum atomic E-state index is 0.00463. The summed E-state index contributed by atoms with van der Waals surface area (Å²) in [6.45, 7) is 2.39. The molecule has 0 saturated heterocycles. The van der Waals surface area contributed by atoms with Crippen LogP contribution >= 0.6 is 0 Å². The molecule has 0 aromatic carbocycles. The van der Waals surface area contributed by atoms with Crippen molar-refractivity contribution in [2.75, 3.05) is 13.7 Å². The van der Waals surface area contributed by atoms with Crippen molar-refractivity contribution >= 4 is 0 Å². The van der Waals surface area contributed by atoms with E-state index in [0.717, 1.165) is 0 Å². The van der Waals surface area contributed by atoms with Crippen molar-refractivity contribution in [2.24, 2.45) is 5.90 Å². The number of rotatable bonds is 3. The first-order chi connectivity index (χ1) is 3.31. The highest BCUT2D eigenvalue weighted by Crippen LogP contribution is 1.82. The zero-order valence-corrected chi connectivity index (χ0v) is 4.68. The fourth-order valence-electron chi connectivity index (χ4n) is 0.274. The molecule has 0 aliphatic heterocycles. The largest absolute Gasteiger partial charge is 0.382 e. The van der Waals surface area contributed by atoms with Crippen LogP contribution in [0.25, 0.3) is 0 Å². The zero-order valence-electron chi connectivity index (χ0n) is 4.68. The van der Waals surface area contributed by atoms with Gasteiger partial charge in [-0.2, -0.15) is 0 Å². The van der Waals surface area contributed by atoms with E-state index in [0.29, 0.717) is 6.61 Å². The van der Waals surface area contributed by atoms with Crippen molar-refractivity contribution in [1.82, 2.24) is 0 Å². The Kier molecular flexibility index (Phi) is 3.98. The molecule has 2 N–H and O–H groups in total. The maximum atomic E-state index is 4.78. The van der Waals surface area contributed by atoms with Crippen LogP contribution in [0.5, 0.6) is 0 Å². The molecule has 0 aromatic heterocycles. The molecule has 1 atom stereocenters. The molecule has 0 fully saturated rings. The van der Waals surface area contributed by atoms with Crippen LogP contribution in [-0.4, -0.2) is 19.8 Å². The number of hydrogen-bond acceptors (Lipinski definition) is 3. The molecule has 3 heteroatoms. The second-order valence-corrected chi connectivity index (χ2v) is 1.40. The van der Waals surface area contributed by atoms with Crippen molar-refractivity contribution in [3.63, 3.8) is 0 Å². The van der Waals surface area contributed by atoms with Crippen LogP contribution in [0.1, 0.15) is 6.92 Å². The quantitative estimate of drug-likeness (QED) is 0.510. The predicted octanol–water partition coefficient (Wildman–Crippen LogP) is -0.0884. The van der Waals surface area contributed by atoms with Crippen LogP contribution in [0.3, 0.4) is 0 Å². The van der Waals surface area contributed by atoms with E-state index in [2.05, 4.69) is 9.57 Å². The summed E-state index contributed by atoms with van der Waals surface area (Å²) in [6.07, 6.45) is 0.00463. The average Bonchev–Trinajstić information content (AvgIpc) is 1.68. The van der Waals surface area contributed by atoms with Gasteiger partial charge < -0.3 is 4.74 Å². The molecule has 0 amide bonds. The van der Waals surface area contributed by atoms with Crippen molar-refractivity contribution < 1.29 is 9.57 Å². The first-order valence-corrected chi connectivity index (χ1v) is 2.15. The maximum absolute atomic E-state index is 4.78. The summed E-state index contributed by atoms with van der Waals surface area (Å²) in [5.74, 6) is 4.78. The Labute approximate surface area is 43.4 Å². The monoisotopic (exact) mass is 105 g/mol. The van der Waals surface area contributed by atoms with E-state index in [1.54, 1.807) is 7.11 Å². The second kappa shape index (κ2) is 4.05. The lowest BCUT2D eigenvalue weighted by Crippen LogP contribution is -2.18. The summed E-state index contributed by atoms with van der Waals surface area (Å²) in [5, 5.41) is 0. The third-order valence-corrected chi connectivity index (χ3v) is 0.634. The van der Waals surface area contributed by atoms with Gasteiger partial charge in [0.25, 0.3) is 0 Å². The number of nitrogens with two attached hydrogens (primary N) is 1. The van der Waals surface area contributed by atoms with Gasteiger partial charge in [0.2, 0.25) is 0 Å². The van der Waals surface area contributed by atoms with Gasteiger partial charge in [0.15, 0.2) is 0 Å². The molecule has 0 bridgehead atoms. The molecule has 7 heavy (non-hydrogen) atoms. The van der Waals surface area contributed by atoms with Gasteiger partial charge in [0.05, 0.1) is 12.7 Å². The van der Waals surface area contributed by atoms with Gasteiger partial charge in [0, 0.05) is 7.11 Å². The fourth-order valence-corrected chi connectivity index (χ4v) is 0.274. The fraction of sp³-hybridized carbons (Fsp3) is 1.00. The third kappa shape index (κ3) is 3.72. The Morgan fingerprint density at radius 3 is 2.43 bits per heavy atom. The van der Waals surface area contributed by atoms with Crippen LogP contribution in [0.4, 0.5) is 0 Å². The van der Waals surface area contributed by atoms with E-state index >= 15 is 0 Å². The Bertz CT molecular complexity index is 40.7. The molecule has 3 nitrogen and oxygen atoms in total. The van der Waals surface area contributed by atoms with Crippen molar-refractivity contribution in [3.05, 3.63) is 0 Å². The van der Waals surface area contributed by atoms with Crippen molar-refractivity contribution in [1.29, 1.82) is 0 Å². The highest BCUT2D eigenvalue weighted by atomic mass is 16.6. The smallest absolute Gasteiger partial charge is 0.0992 e. The minimum absolute atomic E-state index is 0.00463. The average molecular weight is 105 g/mol. The molecular weight excluding hydrogens is 94.0 g/mol. The number of methoxy groups -OCH3 is 1. The normalized spacial score (nSPS) is 14.1. The maximum Gasteiger partial charge on any atom is 0.0992 e. The molecule has 0 heterocycles. The molecule has 0 spiro atoms. The molecular formula is C4H11NO2. The van der Waals surface area contributed by atoms with E-state index in [9.17, 15) is 0 Å². The van der Waals surface area contributed by atoms with E-state index in [-0.39, 0.29) is 6.10 Å². The summed E-state index contributed by atoms with van der Waals surface area (Å²) in [6, 6.07) is 0. The van der Waals surface area contributed by atoms with E-state index in [4.69, 9.17) is 5.90 Å². The van der Waals surface area contributed by atoms with Gasteiger partial charge in [-0.05, 0) is 6.92 Å².